The molecule has 2 aromatic carbocycles. The summed E-state index contributed by atoms with van der Waals surface area (Å²) in [4.78, 5) is 0. The number of halogens is 2. The lowest BCUT2D eigenvalue weighted by molar-refractivity contribution is 0.373. The molecule has 0 aromatic heterocycles. The Labute approximate surface area is 138 Å². The van der Waals surface area contributed by atoms with Gasteiger partial charge in [0.2, 0.25) is 0 Å². The van der Waals surface area contributed by atoms with Crippen LogP contribution < -0.4 is 10.1 Å². The maximum atomic E-state index is 6.26. The average molecular weight is 367 g/mol. The Kier molecular flexibility index (Phi) is 4.41. The molecule has 0 amide bonds. The Balaban J connectivity index is 1.64. The summed E-state index contributed by atoms with van der Waals surface area (Å²) in [6, 6.07) is 14.6. The Morgan fingerprint density at radius 2 is 1.95 bits per heavy atom. The van der Waals surface area contributed by atoms with Crippen molar-refractivity contribution in [1.82, 2.24) is 0 Å². The molecule has 0 saturated heterocycles. The van der Waals surface area contributed by atoms with Gasteiger partial charge in [-0.2, -0.15) is 0 Å². The molecule has 4 heteroatoms. The fraction of sp³-hybridized carbons (Fsp3) is 0.294. The first kappa shape index (κ1) is 14.7. The van der Waals surface area contributed by atoms with Gasteiger partial charge in [0.15, 0.2) is 0 Å². The highest BCUT2D eigenvalue weighted by Crippen LogP contribution is 2.42. The number of hydrogen-bond donors (Lipinski definition) is 1. The molecule has 0 spiro atoms. The molecule has 1 N–H and O–H groups in total. The second-order valence-corrected chi connectivity index (χ2v) is 6.64. The van der Waals surface area contributed by atoms with E-state index in [-0.39, 0.29) is 0 Å². The van der Waals surface area contributed by atoms with Gasteiger partial charge in [-0.15, -0.1) is 0 Å². The highest BCUT2D eigenvalue weighted by Gasteiger charge is 2.31. The van der Waals surface area contributed by atoms with Crippen molar-refractivity contribution in [3.63, 3.8) is 0 Å². The molecule has 1 fully saturated rings. The zero-order valence-corrected chi connectivity index (χ0v) is 14.1. The molecule has 2 nitrogen and oxygen atoms in total. The monoisotopic (exact) mass is 365 g/mol. The standard InChI is InChI=1S/C17H17BrClNO/c1-21-13-6-7-15(18)17(10-13)20-12-8-11(9-12)14-4-2-3-5-16(14)19/h2-7,10-12,20H,8-9H2,1H3. The fourth-order valence-electron chi connectivity index (χ4n) is 2.76. The van der Waals surface area contributed by atoms with Crippen LogP contribution in [0.3, 0.4) is 0 Å². The summed E-state index contributed by atoms with van der Waals surface area (Å²) in [5.41, 5.74) is 2.35. The quantitative estimate of drug-likeness (QED) is 0.774. The zero-order valence-electron chi connectivity index (χ0n) is 11.8. The Morgan fingerprint density at radius 1 is 1.19 bits per heavy atom. The van der Waals surface area contributed by atoms with Crippen molar-refractivity contribution in [3.05, 3.63) is 57.5 Å². The van der Waals surface area contributed by atoms with Crippen LogP contribution in [0.15, 0.2) is 46.9 Å². The summed E-state index contributed by atoms with van der Waals surface area (Å²) in [6.45, 7) is 0. The minimum Gasteiger partial charge on any atom is -0.497 e. The number of benzene rings is 2. The van der Waals surface area contributed by atoms with Crippen LogP contribution in [0.4, 0.5) is 5.69 Å². The number of nitrogens with one attached hydrogen (secondary N) is 1. The molecular formula is C17H17BrClNO. The van der Waals surface area contributed by atoms with Crippen LogP contribution in [-0.4, -0.2) is 13.2 Å². The first-order valence-electron chi connectivity index (χ1n) is 7.02. The van der Waals surface area contributed by atoms with E-state index in [9.17, 15) is 0 Å². The highest BCUT2D eigenvalue weighted by atomic mass is 79.9. The highest BCUT2D eigenvalue weighted by molar-refractivity contribution is 9.10. The van der Waals surface area contributed by atoms with E-state index in [2.05, 4.69) is 33.4 Å². The summed E-state index contributed by atoms with van der Waals surface area (Å²) < 4.78 is 6.33. The number of rotatable bonds is 4. The van der Waals surface area contributed by atoms with E-state index in [1.165, 1.54) is 5.56 Å². The van der Waals surface area contributed by atoms with Gasteiger partial charge in [0.25, 0.3) is 0 Å². The molecule has 0 bridgehead atoms. The Bertz CT molecular complexity index is 640. The lowest BCUT2D eigenvalue weighted by Crippen LogP contribution is -2.34. The normalized spacial score (nSPS) is 20.7. The van der Waals surface area contributed by atoms with Gasteiger partial charge in [0.1, 0.15) is 5.75 Å². The number of methoxy groups -OCH3 is 1. The van der Waals surface area contributed by atoms with Gasteiger partial charge in [0, 0.05) is 21.6 Å². The van der Waals surface area contributed by atoms with Crippen molar-refractivity contribution in [2.24, 2.45) is 0 Å². The molecule has 0 atom stereocenters. The smallest absolute Gasteiger partial charge is 0.121 e. The molecule has 0 unspecified atom stereocenters. The maximum absolute atomic E-state index is 6.26. The fourth-order valence-corrected chi connectivity index (χ4v) is 3.41. The summed E-state index contributed by atoms with van der Waals surface area (Å²) in [5.74, 6) is 1.42. The van der Waals surface area contributed by atoms with Gasteiger partial charge in [-0.25, -0.2) is 0 Å². The van der Waals surface area contributed by atoms with E-state index in [0.29, 0.717) is 12.0 Å². The van der Waals surface area contributed by atoms with Gasteiger partial charge < -0.3 is 10.1 Å². The van der Waals surface area contributed by atoms with Crippen molar-refractivity contribution in [2.45, 2.75) is 24.8 Å². The second-order valence-electron chi connectivity index (χ2n) is 5.38. The van der Waals surface area contributed by atoms with Crippen LogP contribution in [0.25, 0.3) is 0 Å². The molecule has 3 rings (SSSR count). The number of hydrogen-bond acceptors (Lipinski definition) is 2. The van der Waals surface area contributed by atoms with E-state index in [1.807, 2.05) is 30.3 Å². The molecule has 0 heterocycles. The van der Waals surface area contributed by atoms with Gasteiger partial charge in [-0.1, -0.05) is 29.8 Å². The minimum absolute atomic E-state index is 0.481. The molecule has 1 aliphatic carbocycles. The molecular weight excluding hydrogens is 350 g/mol. The molecule has 2 aromatic rings. The molecule has 0 radical (unpaired) electrons. The Morgan fingerprint density at radius 3 is 2.67 bits per heavy atom. The van der Waals surface area contributed by atoms with Crippen LogP contribution in [0, 0.1) is 0 Å². The third-order valence-electron chi connectivity index (χ3n) is 4.02. The lowest BCUT2D eigenvalue weighted by atomic mass is 9.76. The van der Waals surface area contributed by atoms with Crippen molar-refractivity contribution < 1.29 is 4.74 Å². The molecule has 0 aliphatic heterocycles. The van der Waals surface area contributed by atoms with Gasteiger partial charge in [0.05, 0.1) is 12.8 Å². The van der Waals surface area contributed by atoms with E-state index in [0.717, 1.165) is 33.8 Å². The van der Waals surface area contributed by atoms with Crippen molar-refractivity contribution in [2.75, 3.05) is 12.4 Å². The average Bonchev–Trinajstić information content (AvgIpc) is 2.45. The van der Waals surface area contributed by atoms with Crippen molar-refractivity contribution in [1.29, 1.82) is 0 Å². The third-order valence-corrected chi connectivity index (χ3v) is 5.05. The predicted molar refractivity (Wildman–Crippen MR) is 91.5 cm³/mol. The van der Waals surface area contributed by atoms with Gasteiger partial charge in [-0.05, 0) is 58.5 Å². The third kappa shape index (κ3) is 3.19. The molecule has 1 saturated carbocycles. The first-order chi connectivity index (χ1) is 10.2. The summed E-state index contributed by atoms with van der Waals surface area (Å²) in [7, 11) is 1.68. The first-order valence-corrected chi connectivity index (χ1v) is 8.19. The van der Waals surface area contributed by atoms with Gasteiger partial charge in [-0.3, -0.25) is 0 Å². The lowest BCUT2D eigenvalue weighted by Gasteiger charge is -2.37. The molecule has 110 valence electrons. The van der Waals surface area contributed by atoms with Crippen molar-refractivity contribution in [3.8, 4) is 5.75 Å². The van der Waals surface area contributed by atoms with Gasteiger partial charge >= 0.3 is 0 Å². The van der Waals surface area contributed by atoms with E-state index in [1.54, 1.807) is 7.11 Å². The number of ether oxygens (including phenoxy) is 1. The second kappa shape index (κ2) is 6.29. The SMILES string of the molecule is COc1ccc(Br)c(NC2CC(c3ccccc3Cl)C2)c1. The van der Waals surface area contributed by atoms with E-state index in [4.69, 9.17) is 16.3 Å². The number of anilines is 1. The summed E-state index contributed by atoms with van der Waals surface area (Å²) in [6.07, 6.45) is 2.21. The predicted octanol–water partition coefficient (Wildman–Crippen LogP) is 5.47. The van der Waals surface area contributed by atoms with Crippen LogP contribution in [-0.2, 0) is 0 Å². The molecule has 1 aliphatic rings. The van der Waals surface area contributed by atoms with Crippen LogP contribution in [0.1, 0.15) is 24.3 Å². The zero-order chi connectivity index (χ0) is 14.8. The minimum atomic E-state index is 0.481. The van der Waals surface area contributed by atoms with Crippen LogP contribution in [0.2, 0.25) is 5.02 Å². The topological polar surface area (TPSA) is 21.3 Å². The van der Waals surface area contributed by atoms with Crippen molar-refractivity contribution >= 4 is 33.2 Å². The largest absolute Gasteiger partial charge is 0.497 e. The Hall–Kier alpha value is -1.19. The maximum Gasteiger partial charge on any atom is 0.121 e. The molecule has 21 heavy (non-hydrogen) atoms. The van der Waals surface area contributed by atoms with E-state index >= 15 is 0 Å². The summed E-state index contributed by atoms with van der Waals surface area (Å²) in [5, 5.41) is 4.45. The van der Waals surface area contributed by atoms with Crippen LogP contribution >= 0.6 is 27.5 Å². The summed E-state index contributed by atoms with van der Waals surface area (Å²) >= 11 is 9.83. The van der Waals surface area contributed by atoms with Crippen LogP contribution in [0.5, 0.6) is 5.75 Å². The van der Waals surface area contributed by atoms with E-state index < -0.39 is 0 Å².